The minimum atomic E-state index is -0.272. The Kier molecular flexibility index (Phi) is 5.62. The maximum absolute atomic E-state index is 13.8. The minimum absolute atomic E-state index is 0.270. The number of benzene rings is 2. The molecule has 0 radical (unpaired) electrons. The molecule has 1 aliphatic carbocycles. The summed E-state index contributed by atoms with van der Waals surface area (Å²) < 4.78 is 3.31. The lowest BCUT2D eigenvalue weighted by molar-refractivity contribution is -0.132. The fourth-order valence-corrected chi connectivity index (χ4v) is 5.71. The number of hydrogen-bond acceptors (Lipinski definition) is 8. The third-order valence-electron chi connectivity index (χ3n) is 8.05. The Labute approximate surface area is 240 Å². The van der Waals surface area contributed by atoms with Crippen LogP contribution in [0.15, 0.2) is 83.9 Å². The van der Waals surface area contributed by atoms with Crippen molar-refractivity contribution in [2.24, 2.45) is 5.92 Å². The summed E-state index contributed by atoms with van der Waals surface area (Å²) >= 11 is 0. The summed E-state index contributed by atoms with van der Waals surface area (Å²) in [5, 5.41) is 4.38. The molecule has 2 aliphatic rings. The molecule has 1 amide bonds. The van der Waals surface area contributed by atoms with Gasteiger partial charge in [-0.05, 0) is 61.4 Å². The number of nitrogens with one attached hydrogen (secondary N) is 1. The Morgan fingerprint density at radius 1 is 0.833 bits per heavy atom. The highest BCUT2D eigenvalue weighted by Gasteiger charge is 2.34. The molecule has 2 aromatic carbocycles. The number of rotatable bonds is 5. The monoisotopic (exact) mass is 557 g/mol. The van der Waals surface area contributed by atoms with Crippen LogP contribution in [0.3, 0.4) is 0 Å². The molecule has 0 spiro atoms. The van der Waals surface area contributed by atoms with Crippen LogP contribution in [0.5, 0.6) is 0 Å². The molecule has 1 aliphatic heterocycles. The van der Waals surface area contributed by atoms with Gasteiger partial charge in [-0.2, -0.15) is 9.50 Å². The number of piperazine rings is 1. The molecule has 1 saturated heterocycles. The lowest BCUT2D eigenvalue weighted by Crippen LogP contribution is -2.49. The van der Waals surface area contributed by atoms with Crippen molar-refractivity contribution in [3.63, 3.8) is 0 Å². The predicted molar refractivity (Wildman–Crippen MR) is 160 cm³/mol. The van der Waals surface area contributed by atoms with Crippen LogP contribution in [-0.4, -0.2) is 66.1 Å². The second kappa shape index (κ2) is 9.65. The topological polar surface area (TPSA) is 114 Å². The number of carbonyl (C=O) groups excluding carboxylic acids is 1. The molecule has 0 bridgehead atoms. The van der Waals surface area contributed by atoms with Gasteiger partial charge in [0.15, 0.2) is 17.1 Å². The molecule has 0 unspecified atom stereocenters. The lowest BCUT2D eigenvalue weighted by Gasteiger charge is -2.36. The number of nitrogens with zero attached hydrogens (tertiary/aromatic N) is 8. The molecule has 42 heavy (non-hydrogen) atoms. The third kappa shape index (κ3) is 4.12. The zero-order valence-corrected chi connectivity index (χ0v) is 22.7. The van der Waals surface area contributed by atoms with Gasteiger partial charge in [-0.15, -0.1) is 0 Å². The molecule has 11 nitrogen and oxygen atoms in total. The van der Waals surface area contributed by atoms with Crippen molar-refractivity contribution < 1.29 is 4.79 Å². The maximum Gasteiger partial charge on any atom is 0.284 e. The maximum atomic E-state index is 13.8. The Morgan fingerprint density at radius 2 is 1.62 bits per heavy atom. The van der Waals surface area contributed by atoms with Crippen molar-refractivity contribution in [3.05, 3.63) is 89.5 Å². The van der Waals surface area contributed by atoms with Crippen molar-refractivity contribution in [2.75, 3.05) is 36.4 Å². The SMILES string of the molecule is O=C(C1CC1)N1CCN(c2ccc(Nc3ncc4c(=O)n5c(nc4n3)c3ccccc3n5-c3ccccn3)cc2)CC1. The van der Waals surface area contributed by atoms with Crippen molar-refractivity contribution in [1.82, 2.24) is 34.0 Å². The van der Waals surface area contributed by atoms with Gasteiger partial charge in [-0.1, -0.05) is 18.2 Å². The van der Waals surface area contributed by atoms with Crippen molar-refractivity contribution in [1.29, 1.82) is 0 Å². The summed E-state index contributed by atoms with van der Waals surface area (Å²) in [7, 11) is 0. The Morgan fingerprint density at radius 3 is 2.38 bits per heavy atom. The first kappa shape index (κ1) is 24.5. The molecule has 208 valence electrons. The first-order valence-electron chi connectivity index (χ1n) is 14.2. The van der Waals surface area contributed by atoms with Crippen molar-refractivity contribution in [3.8, 4) is 5.82 Å². The third-order valence-corrected chi connectivity index (χ3v) is 8.05. The normalized spacial score (nSPS) is 15.5. The van der Waals surface area contributed by atoms with Gasteiger partial charge < -0.3 is 15.1 Å². The average molecular weight is 558 g/mol. The summed E-state index contributed by atoms with van der Waals surface area (Å²) in [6, 6.07) is 21.4. The summed E-state index contributed by atoms with van der Waals surface area (Å²) in [6.07, 6.45) is 5.30. The van der Waals surface area contributed by atoms with Crippen LogP contribution >= 0.6 is 0 Å². The lowest BCUT2D eigenvalue weighted by atomic mass is 10.2. The van der Waals surface area contributed by atoms with Crippen LogP contribution in [0.1, 0.15) is 12.8 Å². The van der Waals surface area contributed by atoms with E-state index in [1.54, 1.807) is 10.9 Å². The van der Waals surface area contributed by atoms with E-state index in [4.69, 9.17) is 4.98 Å². The molecule has 0 atom stereocenters. The van der Waals surface area contributed by atoms with Crippen LogP contribution in [-0.2, 0) is 4.79 Å². The first-order chi connectivity index (χ1) is 20.6. The average Bonchev–Trinajstić information content (AvgIpc) is 3.84. The van der Waals surface area contributed by atoms with E-state index < -0.39 is 0 Å². The Hall–Kier alpha value is -5.32. The molecule has 5 heterocycles. The van der Waals surface area contributed by atoms with Gasteiger partial charge in [0, 0.05) is 61.3 Å². The summed E-state index contributed by atoms with van der Waals surface area (Å²) in [6.45, 7) is 3.18. The zero-order valence-electron chi connectivity index (χ0n) is 22.7. The zero-order chi connectivity index (χ0) is 28.2. The van der Waals surface area contributed by atoms with E-state index in [0.717, 1.165) is 61.3 Å². The highest BCUT2D eigenvalue weighted by Crippen LogP contribution is 2.32. The fraction of sp³-hybridized carbons (Fsp3) is 0.226. The number of para-hydroxylation sites is 1. The summed E-state index contributed by atoms with van der Waals surface area (Å²) in [5.41, 5.74) is 3.30. The number of carbonyl (C=O) groups is 1. The molecule has 1 N–H and O–H groups in total. The van der Waals surface area contributed by atoms with Gasteiger partial charge in [-0.3, -0.25) is 9.59 Å². The Balaban J connectivity index is 1.08. The van der Waals surface area contributed by atoms with Crippen LogP contribution in [0, 0.1) is 5.92 Å². The van der Waals surface area contributed by atoms with E-state index in [-0.39, 0.29) is 11.5 Å². The van der Waals surface area contributed by atoms with E-state index in [1.165, 1.54) is 10.7 Å². The largest absolute Gasteiger partial charge is 0.368 e. The van der Waals surface area contributed by atoms with Gasteiger partial charge in [0.2, 0.25) is 11.9 Å². The van der Waals surface area contributed by atoms with Gasteiger partial charge in [0.1, 0.15) is 5.39 Å². The quantitative estimate of drug-likeness (QED) is 0.341. The summed E-state index contributed by atoms with van der Waals surface area (Å²) in [5.74, 6) is 1.56. The van der Waals surface area contributed by atoms with Crippen LogP contribution in [0.2, 0.25) is 0 Å². The Bertz CT molecular complexity index is 2020. The molecule has 6 aromatic rings. The highest BCUT2D eigenvalue weighted by atomic mass is 16.2. The molecule has 11 heteroatoms. The smallest absolute Gasteiger partial charge is 0.284 e. The number of fused-ring (bicyclic) bond motifs is 4. The van der Waals surface area contributed by atoms with Gasteiger partial charge in [0.05, 0.1) is 5.52 Å². The van der Waals surface area contributed by atoms with Crippen LogP contribution < -0.4 is 15.8 Å². The van der Waals surface area contributed by atoms with Crippen LogP contribution in [0.25, 0.3) is 33.4 Å². The van der Waals surface area contributed by atoms with E-state index in [1.807, 2.05) is 59.5 Å². The molecular formula is C31H27N9O2. The first-order valence-corrected chi connectivity index (χ1v) is 14.2. The van der Waals surface area contributed by atoms with E-state index in [9.17, 15) is 9.59 Å². The molecule has 4 aromatic heterocycles. The number of aromatic nitrogens is 6. The van der Waals surface area contributed by atoms with E-state index >= 15 is 0 Å². The predicted octanol–water partition coefficient (Wildman–Crippen LogP) is 3.78. The van der Waals surface area contributed by atoms with Crippen molar-refractivity contribution >= 4 is 50.8 Å². The second-order valence-electron chi connectivity index (χ2n) is 10.8. The highest BCUT2D eigenvalue weighted by molar-refractivity contribution is 5.95. The molecule has 1 saturated carbocycles. The van der Waals surface area contributed by atoms with Crippen LogP contribution in [0.4, 0.5) is 17.3 Å². The van der Waals surface area contributed by atoms with Gasteiger partial charge in [-0.25, -0.2) is 19.6 Å². The number of pyridine rings is 1. The van der Waals surface area contributed by atoms with Gasteiger partial charge in [0.25, 0.3) is 5.56 Å². The van der Waals surface area contributed by atoms with Crippen molar-refractivity contribution in [2.45, 2.75) is 12.8 Å². The molecular weight excluding hydrogens is 530 g/mol. The number of hydrogen-bond donors (Lipinski definition) is 1. The van der Waals surface area contributed by atoms with Gasteiger partial charge >= 0.3 is 0 Å². The summed E-state index contributed by atoms with van der Waals surface area (Å²) in [4.78, 5) is 48.8. The van der Waals surface area contributed by atoms with E-state index in [0.29, 0.717) is 34.4 Å². The minimum Gasteiger partial charge on any atom is -0.368 e. The number of anilines is 3. The fourth-order valence-electron chi connectivity index (χ4n) is 5.71. The van der Waals surface area contributed by atoms with E-state index in [2.05, 4.69) is 37.3 Å². The molecule has 2 fully saturated rings. The molecule has 8 rings (SSSR count). The second-order valence-corrected chi connectivity index (χ2v) is 10.8. The standard InChI is InChI=1S/C31H27N9O2/c41-29(20-8-9-20)38-17-15-37(16-18-38)22-12-10-21(11-13-22)34-31-33-19-24-27(36-31)35-28-23-5-1-2-6-25(23)39(40(28)30(24)42)26-7-3-4-14-32-26/h1-7,10-14,19-20H,8-9,15-18H2,(H,33,34,36). The number of amides is 1.